The second kappa shape index (κ2) is 8.46. The lowest BCUT2D eigenvalue weighted by Crippen LogP contribution is -2.43. The lowest BCUT2D eigenvalue weighted by molar-refractivity contribution is -0.131. The molecule has 0 radical (unpaired) electrons. The van der Waals surface area contributed by atoms with E-state index in [-0.39, 0.29) is 18.5 Å². The number of nitrogens with zero attached hydrogens (tertiary/aromatic N) is 2. The van der Waals surface area contributed by atoms with E-state index in [1.807, 2.05) is 24.3 Å². The summed E-state index contributed by atoms with van der Waals surface area (Å²) in [6.07, 6.45) is 6.36. The van der Waals surface area contributed by atoms with Crippen LogP contribution in [0, 0.1) is 0 Å². The summed E-state index contributed by atoms with van der Waals surface area (Å²) in [6, 6.07) is 6.95. The maximum absolute atomic E-state index is 12.8. The quantitative estimate of drug-likeness (QED) is 0.518. The monoisotopic (exact) mass is 385 g/mol. The number of methoxy groups -OCH3 is 1. The molecule has 1 aliphatic rings. The second-order valence-electron chi connectivity index (χ2n) is 7.34. The van der Waals surface area contributed by atoms with Crippen molar-refractivity contribution >= 4 is 11.9 Å². The molecule has 3 amide bonds. The van der Waals surface area contributed by atoms with Crippen LogP contribution in [0.4, 0.5) is 4.79 Å². The Morgan fingerprint density at radius 3 is 2.61 bits per heavy atom. The van der Waals surface area contributed by atoms with Gasteiger partial charge in [-0.05, 0) is 37.6 Å². The Hall–Kier alpha value is -2.83. The van der Waals surface area contributed by atoms with Gasteiger partial charge in [-0.3, -0.25) is 9.69 Å². The predicted molar refractivity (Wildman–Crippen MR) is 105 cm³/mol. The van der Waals surface area contributed by atoms with Crippen molar-refractivity contribution in [2.45, 2.75) is 58.0 Å². The van der Waals surface area contributed by atoms with Crippen LogP contribution in [-0.4, -0.2) is 34.5 Å². The highest BCUT2D eigenvalue weighted by atomic mass is 16.5. The van der Waals surface area contributed by atoms with Gasteiger partial charge in [0.1, 0.15) is 17.6 Å². The number of benzene rings is 1. The first-order valence-corrected chi connectivity index (χ1v) is 9.70. The number of carbonyl (C=O) groups excluding carboxylic acids is 2. The lowest BCUT2D eigenvalue weighted by atomic mass is 9.94. The van der Waals surface area contributed by atoms with Crippen LogP contribution in [0.15, 0.2) is 34.9 Å². The highest BCUT2D eigenvalue weighted by Gasteiger charge is 2.47. The van der Waals surface area contributed by atoms with E-state index in [0.717, 1.165) is 37.0 Å². The maximum Gasteiger partial charge on any atom is 0.325 e. The smallest absolute Gasteiger partial charge is 0.325 e. The molecule has 0 bridgehead atoms. The zero-order valence-corrected chi connectivity index (χ0v) is 16.7. The molecule has 7 heteroatoms. The molecule has 0 aliphatic carbocycles. The fourth-order valence-corrected chi connectivity index (χ4v) is 3.37. The highest BCUT2D eigenvalue weighted by Crippen LogP contribution is 2.27. The standard InChI is InChI=1S/C21H27N3O4/c1-4-5-6-7-12-21(2)19(25)24(20(26)23-21)13-16-14-28-18(22-16)15-8-10-17(27-3)11-9-15/h8-11,14H,4-7,12-13H2,1-3H3,(H,23,26). The van der Waals surface area contributed by atoms with E-state index < -0.39 is 5.54 Å². The van der Waals surface area contributed by atoms with Crippen molar-refractivity contribution in [2.24, 2.45) is 0 Å². The molecular formula is C21H27N3O4. The van der Waals surface area contributed by atoms with Crippen LogP contribution in [-0.2, 0) is 11.3 Å². The fourth-order valence-electron chi connectivity index (χ4n) is 3.37. The minimum Gasteiger partial charge on any atom is -0.497 e. The van der Waals surface area contributed by atoms with E-state index in [1.54, 1.807) is 14.0 Å². The number of urea groups is 1. The summed E-state index contributed by atoms with van der Waals surface area (Å²) < 4.78 is 10.7. The van der Waals surface area contributed by atoms with Crippen molar-refractivity contribution in [1.82, 2.24) is 15.2 Å². The number of hydrogen-bond donors (Lipinski definition) is 1. The maximum atomic E-state index is 12.8. The highest BCUT2D eigenvalue weighted by molar-refractivity contribution is 6.06. The molecule has 1 aromatic carbocycles. The summed E-state index contributed by atoms with van der Waals surface area (Å²) in [6.45, 7) is 4.03. The third kappa shape index (κ3) is 4.18. The number of ether oxygens (including phenoxy) is 1. The van der Waals surface area contributed by atoms with Gasteiger partial charge >= 0.3 is 6.03 Å². The molecule has 3 rings (SSSR count). The Kier molecular flexibility index (Phi) is 6.02. The Balaban J connectivity index is 1.65. The topological polar surface area (TPSA) is 84.7 Å². The third-order valence-corrected chi connectivity index (χ3v) is 5.08. The number of amides is 3. The molecule has 28 heavy (non-hydrogen) atoms. The zero-order chi connectivity index (χ0) is 20.1. The molecule has 1 atom stereocenters. The minimum absolute atomic E-state index is 0.0921. The molecule has 1 fully saturated rings. The Bertz CT molecular complexity index is 830. The van der Waals surface area contributed by atoms with Gasteiger partial charge in [-0.1, -0.05) is 32.6 Å². The van der Waals surface area contributed by atoms with Crippen molar-refractivity contribution < 1.29 is 18.7 Å². The molecule has 1 aliphatic heterocycles. The lowest BCUT2D eigenvalue weighted by Gasteiger charge is -2.21. The molecule has 1 unspecified atom stereocenters. The molecule has 2 aromatic rings. The molecule has 7 nitrogen and oxygen atoms in total. The van der Waals surface area contributed by atoms with Gasteiger partial charge in [-0.2, -0.15) is 0 Å². The SMILES string of the molecule is CCCCCCC1(C)NC(=O)N(Cc2coc(-c3ccc(OC)cc3)n2)C1=O. The number of oxazole rings is 1. The Morgan fingerprint density at radius 1 is 1.18 bits per heavy atom. The van der Waals surface area contributed by atoms with Crippen molar-refractivity contribution in [3.63, 3.8) is 0 Å². The van der Waals surface area contributed by atoms with Gasteiger partial charge in [-0.25, -0.2) is 9.78 Å². The van der Waals surface area contributed by atoms with Crippen molar-refractivity contribution in [3.8, 4) is 17.2 Å². The average Bonchev–Trinajstić information content (AvgIpc) is 3.25. The minimum atomic E-state index is -0.840. The number of aromatic nitrogens is 1. The fraction of sp³-hybridized carbons (Fsp3) is 0.476. The van der Waals surface area contributed by atoms with Crippen LogP contribution in [0.3, 0.4) is 0 Å². The average molecular weight is 385 g/mol. The van der Waals surface area contributed by atoms with Crippen LogP contribution < -0.4 is 10.1 Å². The van der Waals surface area contributed by atoms with Crippen LogP contribution in [0.25, 0.3) is 11.5 Å². The molecule has 1 N–H and O–H groups in total. The first-order chi connectivity index (χ1) is 13.5. The van der Waals surface area contributed by atoms with Gasteiger partial charge < -0.3 is 14.5 Å². The summed E-state index contributed by atoms with van der Waals surface area (Å²) >= 11 is 0. The molecule has 150 valence electrons. The second-order valence-corrected chi connectivity index (χ2v) is 7.34. The van der Waals surface area contributed by atoms with E-state index >= 15 is 0 Å². The first-order valence-electron chi connectivity index (χ1n) is 9.70. The van der Waals surface area contributed by atoms with E-state index in [2.05, 4.69) is 17.2 Å². The van der Waals surface area contributed by atoms with Gasteiger partial charge in [0, 0.05) is 5.56 Å². The van der Waals surface area contributed by atoms with E-state index in [1.165, 1.54) is 11.2 Å². The molecule has 0 spiro atoms. The molecular weight excluding hydrogens is 358 g/mol. The van der Waals surface area contributed by atoms with E-state index in [0.29, 0.717) is 18.0 Å². The van der Waals surface area contributed by atoms with Gasteiger partial charge in [0.25, 0.3) is 5.91 Å². The van der Waals surface area contributed by atoms with Crippen LogP contribution in [0.5, 0.6) is 5.75 Å². The van der Waals surface area contributed by atoms with Gasteiger partial charge in [-0.15, -0.1) is 0 Å². The number of unbranched alkanes of at least 4 members (excludes halogenated alkanes) is 3. The molecule has 1 aromatic heterocycles. The van der Waals surface area contributed by atoms with Crippen molar-refractivity contribution in [2.75, 3.05) is 7.11 Å². The summed E-state index contributed by atoms with van der Waals surface area (Å²) in [7, 11) is 1.61. The number of carbonyl (C=O) groups is 2. The van der Waals surface area contributed by atoms with E-state index in [4.69, 9.17) is 9.15 Å². The van der Waals surface area contributed by atoms with Crippen molar-refractivity contribution in [3.05, 3.63) is 36.2 Å². The zero-order valence-electron chi connectivity index (χ0n) is 16.7. The Morgan fingerprint density at radius 2 is 1.93 bits per heavy atom. The number of rotatable bonds is 9. The third-order valence-electron chi connectivity index (χ3n) is 5.08. The first kappa shape index (κ1) is 19.9. The van der Waals surface area contributed by atoms with Crippen LogP contribution >= 0.6 is 0 Å². The molecule has 1 saturated heterocycles. The van der Waals surface area contributed by atoms with Crippen LogP contribution in [0.1, 0.15) is 51.6 Å². The Labute approximate surface area is 165 Å². The van der Waals surface area contributed by atoms with Crippen LogP contribution in [0.2, 0.25) is 0 Å². The van der Waals surface area contributed by atoms with Gasteiger partial charge in [0.05, 0.1) is 19.3 Å². The molecule has 0 saturated carbocycles. The number of nitrogens with one attached hydrogen (secondary N) is 1. The summed E-state index contributed by atoms with van der Waals surface area (Å²) in [5.74, 6) is 0.975. The van der Waals surface area contributed by atoms with Gasteiger partial charge in [0.2, 0.25) is 5.89 Å². The molecule has 2 heterocycles. The number of imide groups is 1. The summed E-state index contributed by atoms with van der Waals surface area (Å²) in [5, 5.41) is 2.84. The van der Waals surface area contributed by atoms with Crippen molar-refractivity contribution in [1.29, 1.82) is 0 Å². The predicted octanol–water partition coefficient (Wildman–Crippen LogP) is 4.13. The van der Waals surface area contributed by atoms with E-state index in [9.17, 15) is 9.59 Å². The normalized spacial score (nSPS) is 19.2. The summed E-state index contributed by atoms with van der Waals surface area (Å²) in [5.41, 5.74) is 0.488. The largest absolute Gasteiger partial charge is 0.497 e. The summed E-state index contributed by atoms with van der Waals surface area (Å²) in [4.78, 5) is 30.8. The van der Waals surface area contributed by atoms with Gasteiger partial charge in [0.15, 0.2) is 0 Å². The number of hydrogen-bond acceptors (Lipinski definition) is 5.